The Kier molecular flexibility index (Phi) is 2.93. The molecule has 1 unspecified atom stereocenters. The number of hydrogen-bond donors (Lipinski definition) is 0. The van der Waals surface area contributed by atoms with E-state index in [9.17, 15) is 4.79 Å². The Bertz CT molecular complexity index is 901. The van der Waals surface area contributed by atoms with Gasteiger partial charge < -0.3 is 0 Å². The summed E-state index contributed by atoms with van der Waals surface area (Å²) in [5, 5.41) is 0.674. The Labute approximate surface area is 130 Å². The molecule has 1 aromatic heterocycles. The number of benzene rings is 2. The monoisotopic (exact) mass is 340 g/mol. The molecule has 0 bridgehead atoms. The molecule has 0 fully saturated rings. The molecular formula is C17H13BrN2O. The molecule has 1 aliphatic rings. The van der Waals surface area contributed by atoms with Crippen molar-refractivity contribution in [2.45, 2.75) is 18.9 Å². The van der Waals surface area contributed by atoms with Gasteiger partial charge in [0.05, 0.1) is 17.2 Å². The van der Waals surface area contributed by atoms with Gasteiger partial charge in [-0.15, -0.1) is 0 Å². The van der Waals surface area contributed by atoms with Crippen LogP contribution in [0.1, 0.15) is 17.0 Å². The Morgan fingerprint density at radius 1 is 1.24 bits per heavy atom. The summed E-state index contributed by atoms with van der Waals surface area (Å²) in [4.78, 5) is 16.9. The van der Waals surface area contributed by atoms with Gasteiger partial charge in [0.15, 0.2) is 0 Å². The van der Waals surface area contributed by atoms with Crippen LogP contribution in [0.4, 0.5) is 0 Å². The van der Waals surface area contributed by atoms with Gasteiger partial charge in [-0.05, 0) is 35.7 Å². The van der Waals surface area contributed by atoms with Gasteiger partial charge in [0, 0.05) is 16.9 Å². The van der Waals surface area contributed by atoms with E-state index < -0.39 is 0 Å². The van der Waals surface area contributed by atoms with Crippen LogP contribution in [0.25, 0.3) is 10.9 Å². The summed E-state index contributed by atoms with van der Waals surface area (Å²) in [6.45, 7) is 0.703. The minimum absolute atomic E-state index is 0.0388. The SMILES string of the molecule is O=c1c2ccc(Br)cc2ncn1CC1Cc2ccccc21. The lowest BCUT2D eigenvalue weighted by Gasteiger charge is -2.30. The second-order valence-corrected chi connectivity index (χ2v) is 6.38. The zero-order valence-electron chi connectivity index (χ0n) is 11.3. The second kappa shape index (κ2) is 4.81. The topological polar surface area (TPSA) is 34.9 Å². The third-order valence-corrected chi connectivity index (χ3v) is 4.66. The Morgan fingerprint density at radius 3 is 2.95 bits per heavy atom. The number of halogens is 1. The molecule has 2 aromatic carbocycles. The fourth-order valence-electron chi connectivity index (χ4n) is 3.02. The molecule has 0 radical (unpaired) electrons. The van der Waals surface area contributed by atoms with Crippen LogP contribution in [0, 0.1) is 0 Å². The normalized spacial score (nSPS) is 16.5. The Morgan fingerprint density at radius 2 is 2.10 bits per heavy atom. The molecule has 0 spiro atoms. The van der Waals surface area contributed by atoms with Crippen LogP contribution in [0.5, 0.6) is 0 Å². The van der Waals surface area contributed by atoms with Gasteiger partial charge in [-0.3, -0.25) is 9.36 Å². The molecule has 0 saturated heterocycles. The van der Waals surface area contributed by atoms with Crippen molar-refractivity contribution in [2.75, 3.05) is 0 Å². The molecule has 1 atom stereocenters. The van der Waals surface area contributed by atoms with E-state index >= 15 is 0 Å². The molecule has 3 nitrogen and oxygen atoms in total. The van der Waals surface area contributed by atoms with Crippen LogP contribution in [0.15, 0.2) is 58.1 Å². The Balaban J connectivity index is 1.71. The van der Waals surface area contributed by atoms with Crippen molar-refractivity contribution in [1.82, 2.24) is 9.55 Å². The summed E-state index contributed by atoms with van der Waals surface area (Å²) < 4.78 is 2.67. The number of aromatic nitrogens is 2. The van der Waals surface area contributed by atoms with Gasteiger partial charge in [-0.25, -0.2) is 4.98 Å². The molecule has 0 N–H and O–H groups in total. The van der Waals surface area contributed by atoms with Crippen LogP contribution < -0.4 is 5.56 Å². The summed E-state index contributed by atoms with van der Waals surface area (Å²) in [6.07, 6.45) is 2.71. The number of rotatable bonds is 2. The van der Waals surface area contributed by atoms with Gasteiger partial charge in [0.25, 0.3) is 5.56 Å². The highest BCUT2D eigenvalue weighted by atomic mass is 79.9. The Hall–Kier alpha value is -1.94. The highest BCUT2D eigenvalue weighted by molar-refractivity contribution is 9.10. The zero-order chi connectivity index (χ0) is 14.4. The summed E-state index contributed by atoms with van der Waals surface area (Å²) in [5.74, 6) is 0.425. The van der Waals surface area contributed by atoms with E-state index in [1.54, 1.807) is 10.9 Å². The molecule has 4 heteroatoms. The lowest BCUT2D eigenvalue weighted by atomic mass is 9.77. The molecular weight excluding hydrogens is 328 g/mol. The molecule has 0 amide bonds. The van der Waals surface area contributed by atoms with Crippen LogP contribution >= 0.6 is 15.9 Å². The van der Waals surface area contributed by atoms with Crippen molar-refractivity contribution in [2.24, 2.45) is 0 Å². The maximum Gasteiger partial charge on any atom is 0.261 e. The van der Waals surface area contributed by atoms with E-state index in [1.165, 1.54) is 11.1 Å². The van der Waals surface area contributed by atoms with Gasteiger partial charge in [0.2, 0.25) is 0 Å². The third-order valence-electron chi connectivity index (χ3n) is 4.17. The molecule has 1 aliphatic carbocycles. The van der Waals surface area contributed by atoms with E-state index in [0.717, 1.165) is 16.4 Å². The van der Waals surface area contributed by atoms with E-state index in [0.29, 0.717) is 17.8 Å². The zero-order valence-corrected chi connectivity index (χ0v) is 12.9. The molecule has 3 aromatic rings. The summed E-state index contributed by atoms with van der Waals surface area (Å²) in [6, 6.07) is 14.0. The predicted molar refractivity (Wildman–Crippen MR) is 86.6 cm³/mol. The van der Waals surface area contributed by atoms with Gasteiger partial charge in [-0.2, -0.15) is 0 Å². The summed E-state index contributed by atoms with van der Waals surface area (Å²) in [5.41, 5.74) is 3.53. The second-order valence-electron chi connectivity index (χ2n) is 5.46. The fourth-order valence-corrected chi connectivity index (χ4v) is 3.37. The van der Waals surface area contributed by atoms with Gasteiger partial charge in [-0.1, -0.05) is 40.2 Å². The van der Waals surface area contributed by atoms with Crippen LogP contribution in [0.3, 0.4) is 0 Å². The van der Waals surface area contributed by atoms with Crippen molar-refractivity contribution in [3.05, 3.63) is 74.7 Å². The fraction of sp³-hybridized carbons (Fsp3) is 0.176. The van der Waals surface area contributed by atoms with Crippen molar-refractivity contribution in [1.29, 1.82) is 0 Å². The van der Waals surface area contributed by atoms with Crippen molar-refractivity contribution >= 4 is 26.8 Å². The molecule has 0 saturated carbocycles. The highest BCUT2D eigenvalue weighted by Gasteiger charge is 2.26. The highest BCUT2D eigenvalue weighted by Crippen LogP contribution is 2.35. The van der Waals surface area contributed by atoms with E-state index in [4.69, 9.17) is 0 Å². The predicted octanol–water partition coefficient (Wildman–Crippen LogP) is 3.50. The standard InChI is InChI=1S/C17H13BrN2O/c18-13-5-6-15-16(8-13)19-10-20(17(15)21)9-12-7-11-3-1-2-4-14(11)12/h1-6,8,10,12H,7,9H2. The third kappa shape index (κ3) is 2.10. The first kappa shape index (κ1) is 12.8. The summed E-state index contributed by atoms with van der Waals surface area (Å²) in [7, 11) is 0. The first-order valence-corrected chi connectivity index (χ1v) is 7.74. The van der Waals surface area contributed by atoms with E-state index in [2.05, 4.69) is 45.2 Å². The smallest absolute Gasteiger partial charge is 0.261 e. The molecule has 1 heterocycles. The van der Waals surface area contributed by atoms with Crippen LogP contribution in [-0.2, 0) is 13.0 Å². The first-order chi connectivity index (χ1) is 10.2. The van der Waals surface area contributed by atoms with Crippen molar-refractivity contribution in [3.63, 3.8) is 0 Å². The number of hydrogen-bond acceptors (Lipinski definition) is 2. The first-order valence-electron chi connectivity index (χ1n) is 6.95. The van der Waals surface area contributed by atoms with Gasteiger partial charge in [0.1, 0.15) is 0 Å². The average molecular weight is 341 g/mol. The number of nitrogens with zero attached hydrogens (tertiary/aromatic N) is 2. The number of fused-ring (bicyclic) bond motifs is 2. The minimum atomic E-state index is 0.0388. The molecule has 21 heavy (non-hydrogen) atoms. The average Bonchev–Trinajstić information content (AvgIpc) is 2.47. The quantitative estimate of drug-likeness (QED) is 0.715. The largest absolute Gasteiger partial charge is 0.298 e. The minimum Gasteiger partial charge on any atom is -0.298 e. The lowest BCUT2D eigenvalue weighted by molar-refractivity contribution is 0.496. The van der Waals surface area contributed by atoms with E-state index in [1.807, 2.05) is 18.2 Å². The molecule has 0 aliphatic heterocycles. The maximum atomic E-state index is 12.5. The maximum absolute atomic E-state index is 12.5. The van der Waals surface area contributed by atoms with Crippen LogP contribution in [0.2, 0.25) is 0 Å². The van der Waals surface area contributed by atoms with Gasteiger partial charge >= 0.3 is 0 Å². The molecule has 4 rings (SSSR count). The van der Waals surface area contributed by atoms with Crippen LogP contribution in [-0.4, -0.2) is 9.55 Å². The van der Waals surface area contributed by atoms with E-state index in [-0.39, 0.29) is 5.56 Å². The van der Waals surface area contributed by atoms with Crippen molar-refractivity contribution < 1.29 is 0 Å². The summed E-state index contributed by atoms with van der Waals surface area (Å²) >= 11 is 3.41. The molecule has 104 valence electrons. The van der Waals surface area contributed by atoms with Crippen molar-refractivity contribution in [3.8, 4) is 0 Å². The lowest BCUT2D eigenvalue weighted by Crippen LogP contribution is -2.28.